The van der Waals surface area contributed by atoms with Crippen LogP contribution in [0.15, 0.2) is 12.1 Å². The van der Waals surface area contributed by atoms with E-state index in [4.69, 9.17) is 16.2 Å². The Balaban J connectivity index is 3.12. The van der Waals surface area contributed by atoms with Gasteiger partial charge in [-0.1, -0.05) is 11.6 Å². The van der Waals surface area contributed by atoms with Crippen molar-refractivity contribution in [2.75, 3.05) is 7.05 Å². The molecule has 0 fully saturated rings. The molecule has 1 aromatic rings. The highest BCUT2D eigenvalue weighted by Gasteiger charge is 2.19. The van der Waals surface area contributed by atoms with Crippen molar-refractivity contribution in [3.63, 3.8) is 0 Å². The lowest BCUT2D eigenvalue weighted by Crippen LogP contribution is -2.20. The SMILES string of the molecule is CN(Cc1cc([N+](=O)[O-])c(F)cc1Cl)S(=O)O. The molecule has 94 valence electrons. The highest BCUT2D eigenvalue weighted by Crippen LogP contribution is 2.26. The highest BCUT2D eigenvalue weighted by molar-refractivity contribution is 7.76. The number of nitro groups is 1. The average molecular weight is 283 g/mol. The van der Waals surface area contributed by atoms with Crippen LogP contribution in [0.4, 0.5) is 10.1 Å². The summed E-state index contributed by atoms with van der Waals surface area (Å²) in [5.74, 6) is -1.04. The van der Waals surface area contributed by atoms with Crippen molar-refractivity contribution >= 4 is 28.6 Å². The summed E-state index contributed by atoms with van der Waals surface area (Å²) in [6.07, 6.45) is 0. The fourth-order valence-corrected chi connectivity index (χ4v) is 1.60. The summed E-state index contributed by atoms with van der Waals surface area (Å²) in [4.78, 5) is 9.62. The van der Waals surface area contributed by atoms with Gasteiger partial charge in [-0.15, -0.1) is 0 Å². The quantitative estimate of drug-likeness (QED) is 0.520. The van der Waals surface area contributed by atoms with Gasteiger partial charge in [0, 0.05) is 24.7 Å². The van der Waals surface area contributed by atoms with Gasteiger partial charge >= 0.3 is 5.69 Å². The molecule has 0 heterocycles. The largest absolute Gasteiger partial charge is 0.305 e. The minimum absolute atomic E-state index is 0.0367. The van der Waals surface area contributed by atoms with Gasteiger partial charge in [0.15, 0.2) is 0 Å². The molecule has 0 saturated carbocycles. The molecule has 0 spiro atoms. The molecule has 0 aromatic heterocycles. The standard InChI is InChI=1S/C8H8ClFN2O4S/c1-11(17(15)16)4-5-2-8(12(13)14)7(10)3-6(5)9/h2-3H,4H2,1H3,(H,15,16). The number of nitrogens with zero attached hydrogens (tertiary/aromatic N) is 2. The molecular formula is C8H8ClFN2O4S. The Morgan fingerprint density at radius 2 is 2.24 bits per heavy atom. The Morgan fingerprint density at radius 1 is 1.65 bits per heavy atom. The first kappa shape index (κ1) is 14.0. The summed E-state index contributed by atoms with van der Waals surface area (Å²) < 4.78 is 33.6. The van der Waals surface area contributed by atoms with Crippen LogP contribution in [0.2, 0.25) is 5.02 Å². The molecule has 9 heteroatoms. The molecule has 0 aliphatic carbocycles. The predicted octanol–water partition coefficient (Wildman–Crippen LogP) is 1.96. The molecule has 1 rings (SSSR count). The van der Waals surface area contributed by atoms with Crippen LogP contribution >= 0.6 is 11.6 Å². The molecule has 0 amide bonds. The van der Waals surface area contributed by atoms with Crippen LogP contribution in [-0.4, -0.2) is 25.0 Å². The lowest BCUT2D eigenvalue weighted by atomic mass is 10.2. The second-order valence-corrected chi connectivity index (χ2v) is 4.66. The second-order valence-electron chi connectivity index (χ2n) is 3.17. The molecule has 6 nitrogen and oxygen atoms in total. The van der Waals surface area contributed by atoms with Crippen LogP contribution in [0, 0.1) is 15.9 Å². The van der Waals surface area contributed by atoms with Gasteiger partial charge in [-0.3, -0.25) is 14.7 Å². The zero-order valence-electron chi connectivity index (χ0n) is 8.59. The van der Waals surface area contributed by atoms with Gasteiger partial charge in [-0.05, 0) is 11.6 Å². The Labute approximate surface area is 104 Å². The van der Waals surface area contributed by atoms with Gasteiger partial charge in [0.1, 0.15) is 0 Å². The topological polar surface area (TPSA) is 83.7 Å². The number of nitro benzene ring substituents is 1. The van der Waals surface area contributed by atoms with Crippen molar-refractivity contribution in [2.24, 2.45) is 0 Å². The summed E-state index contributed by atoms with van der Waals surface area (Å²) in [6, 6.07) is 1.75. The van der Waals surface area contributed by atoms with Crippen molar-refractivity contribution in [3.8, 4) is 0 Å². The maximum absolute atomic E-state index is 13.1. The van der Waals surface area contributed by atoms with Gasteiger partial charge in [-0.25, -0.2) is 4.21 Å². The maximum Gasteiger partial charge on any atom is 0.305 e. The van der Waals surface area contributed by atoms with E-state index < -0.39 is 27.7 Å². The van der Waals surface area contributed by atoms with E-state index in [1.807, 2.05) is 0 Å². The van der Waals surface area contributed by atoms with Crippen LogP contribution in [0.1, 0.15) is 5.56 Å². The number of hydrogen-bond acceptors (Lipinski definition) is 3. The molecule has 0 bridgehead atoms. The molecular weight excluding hydrogens is 275 g/mol. The monoisotopic (exact) mass is 282 g/mol. The first-order valence-corrected chi connectivity index (χ1v) is 5.71. The fraction of sp³-hybridized carbons (Fsp3) is 0.250. The number of halogens is 2. The van der Waals surface area contributed by atoms with Crippen LogP contribution in [-0.2, 0) is 17.8 Å². The smallest absolute Gasteiger partial charge is 0.294 e. The van der Waals surface area contributed by atoms with Gasteiger partial charge in [0.25, 0.3) is 0 Å². The zero-order valence-corrected chi connectivity index (χ0v) is 10.2. The van der Waals surface area contributed by atoms with Crippen molar-refractivity contribution in [1.82, 2.24) is 4.31 Å². The van der Waals surface area contributed by atoms with E-state index in [1.54, 1.807) is 0 Å². The summed E-state index contributed by atoms with van der Waals surface area (Å²) >= 11 is 3.45. The molecule has 1 atom stereocenters. The van der Waals surface area contributed by atoms with Crippen molar-refractivity contribution in [3.05, 3.63) is 38.7 Å². The zero-order chi connectivity index (χ0) is 13.2. The lowest BCUT2D eigenvalue weighted by molar-refractivity contribution is -0.387. The molecule has 0 aliphatic heterocycles. The highest BCUT2D eigenvalue weighted by atomic mass is 35.5. The third kappa shape index (κ3) is 3.43. The fourth-order valence-electron chi connectivity index (χ4n) is 1.14. The summed E-state index contributed by atoms with van der Waals surface area (Å²) in [7, 11) is 1.32. The van der Waals surface area contributed by atoms with E-state index >= 15 is 0 Å². The van der Waals surface area contributed by atoms with Crippen LogP contribution in [0.3, 0.4) is 0 Å². The maximum atomic E-state index is 13.1. The molecule has 0 radical (unpaired) electrons. The summed E-state index contributed by atoms with van der Waals surface area (Å²) in [6.45, 7) is -0.108. The van der Waals surface area contributed by atoms with E-state index in [0.29, 0.717) is 0 Å². The first-order chi connectivity index (χ1) is 7.82. The lowest BCUT2D eigenvalue weighted by Gasteiger charge is -2.12. The Kier molecular flexibility index (Phi) is 4.52. The normalized spacial score (nSPS) is 12.8. The molecule has 17 heavy (non-hydrogen) atoms. The molecule has 1 N–H and O–H groups in total. The number of benzene rings is 1. The van der Waals surface area contributed by atoms with Gasteiger partial charge in [0.05, 0.1) is 4.92 Å². The number of hydrogen-bond donors (Lipinski definition) is 1. The van der Waals surface area contributed by atoms with Gasteiger partial charge < -0.3 is 0 Å². The van der Waals surface area contributed by atoms with Crippen LogP contribution in [0.5, 0.6) is 0 Å². The van der Waals surface area contributed by atoms with Crippen molar-refractivity contribution in [1.29, 1.82) is 0 Å². The average Bonchev–Trinajstić information content (AvgIpc) is 2.21. The third-order valence-corrected chi connectivity index (χ3v) is 2.99. The molecule has 1 aromatic carbocycles. The summed E-state index contributed by atoms with van der Waals surface area (Å²) in [5.41, 5.74) is -0.522. The van der Waals surface area contributed by atoms with Crippen LogP contribution < -0.4 is 0 Å². The second kappa shape index (κ2) is 5.50. The number of rotatable bonds is 4. The van der Waals surface area contributed by atoms with Crippen molar-refractivity contribution in [2.45, 2.75) is 6.54 Å². The first-order valence-electron chi connectivity index (χ1n) is 4.27. The van der Waals surface area contributed by atoms with Gasteiger partial charge in [-0.2, -0.15) is 8.70 Å². The van der Waals surface area contributed by atoms with E-state index in [2.05, 4.69) is 0 Å². The van der Waals surface area contributed by atoms with Crippen LogP contribution in [0.25, 0.3) is 0 Å². The Hall–Kier alpha value is -1.09. The Morgan fingerprint density at radius 3 is 2.71 bits per heavy atom. The minimum Gasteiger partial charge on any atom is -0.294 e. The predicted molar refractivity (Wildman–Crippen MR) is 60.3 cm³/mol. The summed E-state index contributed by atoms with van der Waals surface area (Å²) in [5, 5.41) is 10.5. The minimum atomic E-state index is -2.23. The van der Waals surface area contributed by atoms with E-state index in [0.717, 1.165) is 16.4 Å². The third-order valence-electron chi connectivity index (χ3n) is 1.97. The van der Waals surface area contributed by atoms with E-state index in [1.165, 1.54) is 7.05 Å². The molecule has 0 aliphatic rings. The molecule has 0 saturated heterocycles. The van der Waals surface area contributed by atoms with E-state index in [-0.39, 0.29) is 17.1 Å². The Bertz CT molecular complexity index is 485. The molecule has 1 unspecified atom stereocenters. The van der Waals surface area contributed by atoms with E-state index in [9.17, 15) is 18.7 Å². The van der Waals surface area contributed by atoms with Crippen molar-refractivity contribution < 1.29 is 18.1 Å². The van der Waals surface area contributed by atoms with Gasteiger partial charge in [0.2, 0.25) is 17.1 Å².